The van der Waals surface area contributed by atoms with Crippen molar-refractivity contribution < 1.29 is 9.47 Å². The van der Waals surface area contributed by atoms with Crippen LogP contribution in [-0.2, 0) is 9.47 Å². The lowest BCUT2D eigenvalue weighted by Gasteiger charge is -2.15. The Hall–Kier alpha value is -0.0800. The molecular formula is C12H24O2. The fourth-order valence-electron chi connectivity index (χ4n) is 1.86. The molecule has 84 valence electrons. The van der Waals surface area contributed by atoms with E-state index in [0.29, 0.717) is 0 Å². The maximum atomic E-state index is 5.43. The lowest BCUT2D eigenvalue weighted by atomic mass is 9.97. The molecule has 0 spiro atoms. The van der Waals surface area contributed by atoms with Crippen LogP contribution in [0.15, 0.2) is 0 Å². The Morgan fingerprint density at radius 1 is 1.07 bits per heavy atom. The van der Waals surface area contributed by atoms with Crippen molar-refractivity contribution >= 4 is 0 Å². The predicted octanol–water partition coefficient (Wildman–Crippen LogP) is 3.21. The Kier molecular flexibility index (Phi) is 5.49. The third kappa shape index (κ3) is 4.97. The number of hydrogen-bond acceptors (Lipinski definition) is 2. The second kappa shape index (κ2) is 6.41. The minimum Gasteiger partial charge on any atom is -0.350 e. The van der Waals surface area contributed by atoms with Gasteiger partial charge in [0.2, 0.25) is 0 Å². The normalized spacial score (nSPS) is 20.6. The molecule has 0 amide bonds. The first-order chi connectivity index (χ1) is 6.68. The molecule has 0 radical (unpaired) electrons. The highest BCUT2D eigenvalue weighted by molar-refractivity contribution is 4.60. The van der Waals surface area contributed by atoms with Crippen LogP contribution in [0.1, 0.15) is 46.5 Å². The summed E-state index contributed by atoms with van der Waals surface area (Å²) >= 11 is 0. The summed E-state index contributed by atoms with van der Waals surface area (Å²) in [6.45, 7) is 8.43. The Morgan fingerprint density at radius 3 is 2.29 bits per heavy atom. The second-order valence-corrected chi connectivity index (χ2v) is 4.84. The van der Waals surface area contributed by atoms with E-state index in [-0.39, 0.29) is 6.29 Å². The molecule has 1 rings (SSSR count). The van der Waals surface area contributed by atoms with Gasteiger partial charge in [0.05, 0.1) is 13.2 Å². The monoisotopic (exact) mass is 200 g/mol. The summed E-state index contributed by atoms with van der Waals surface area (Å²) in [7, 11) is 0. The summed E-state index contributed by atoms with van der Waals surface area (Å²) in [5.41, 5.74) is 0. The molecule has 0 aromatic rings. The van der Waals surface area contributed by atoms with Gasteiger partial charge in [-0.05, 0) is 11.8 Å². The molecule has 0 aromatic heterocycles. The van der Waals surface area contributed by atoms with Crippen LogP contribution in [0.5, 0.6) is 0 Å². The van der Waals surface area contributed by atoms with Crippen molar-refractivity contribution in [2.24, 2.45) is 11.8 Å². The van der Waals surface area contributed by atoms with Gasteiger partial charge in [0.25, 0.3) is 0 Å². The number of hydrogen-bond donors (Lipinski definition) is 0. The third-order valence-electron chi connectivity index (χ3n) is 2.76. The molecule has 0 saturated carbocycles. The van der Waals surface area contributed by atoms with E-state index in [0.717, 1.165) is 31.5 Å². The van der Waals surface area contributed by atoms with Gasteiger partial charge in [-0.15, -0.1) is 0 Å². The summed E-state index contributed by atoms with van der Waals surface area (Å²) in [6, 6.07) is 0. The number of ether oxygens (including phenoxy) is 2. The molecule has 2 heteroatoms. The second-order valence-electron chi connectivity index (χ2n) is 4.84. The fraction of sp³-hybridized carbons (Fsp3) is 1.00. The topological polar surface area (TPSA) is 18.5 Å². The van der Waals surface area contributed by atoms with Crippen molar-refractivity contribution in [1.82, 2.24) is 0 Å². The number of rotatable bonds is 6. The van der Waals surface area contributed by atoms with Gasteiger partial charge in [-0.25, -0.2) is 0 Å². The minimum absolute atomic E-state index is 0.0871. The van der Waals surface area contributed by atoms with E-state index in [1.54, 1.807) is 0 Å². The van der Waals surface area contributed by atoms with Crippen LogP contribution in [0.4, 0.5) is 0 Å². The quantitative estimate of drug-likeness (QED) is 0.655. The lowest BCUT2D eigenvalue weighted by molar-refractivity contribution is -0.0562. The van der Waals surface area contributed by atoms with Gasteiger partial charge in [-0.3, -0.25) is 0 Å². The van der Waals surface area contributed by atoms with Gasteiger partial charge < -0.3 is 9.47 Å². The standard InChI is InChI=1S/C12H24O2/c1-10(2)5-4-6-11(3)9-12-13-7-8-14-12/h10-12H,4-9H2,1-3H3/t11-/m1/s1. The van der Waals surface area contributed by atoms with E-state index >= 15 is 0 Å². The SMILES string of the molecule is CC(C)CCC[C@@H](C)CC1OCCO1. The Bertz CT molecular complexity index is 139. The molecule has 1 heterocycles. The van der Waals surface area contributed by atoms with Gasteiger partial charge in [-0.1, -0.05) is 40.0 Å². The molecule has 1 atom stereocenters. The highest BCUT2D eigenvalue weighted by atomic mass is 16.7. The first-order valence-electron chi connectivity index (χ1n) is 5.91. The van der Waals surface area contributed by atoms with Crippen LogP contribution >= 0.6 is 0 Å². The summed E-state index contributed by atoms with van der Waals surface area (Å²) in [5, 5.41) is 0. The zero-order valence-corrected chi connectivity index (χ0v) is 9.79. The lowest BCUT2D eigenvalue weighted by Crippen LogP contribution is -2.12. The first-order valence-corrected chi connectivity index (χ1v) is 5.91. The zero-order valence-electron chi connectivity index (χ0n) is 9.79. The molecule has 1 fully saturated rings. The molecule has 2 nitrogen and oxygen atoms in total. The highest BCUT2D eigenvalue weighted by Crippen LogP contribution is 2.20. The van der Waals surface area contributed by atoms with Crippen LogP contribution in [0.3, 0.4) is 0 Å². The Morgan fingerprint density at radius 2 is 1.71 bits per heavy atom. The van der Waals surface area contributed by atoms with Crippen molar-refractivity contribution in [3.63, 3.8) is 0 Å². The van der Waals surface area contributed by atoms with Crippen molar-refractivity contribution in [2.75, 3.05) is 13.2 Å². The van der Waals surface area contributed by atoms with Crippen molar-refractivity contribution in [2.45, 2.75) is 52.7 Å². The molecule has 0 N–H and O–H groups in total. The molecule has 1 aliphatic rings. The maximum Gasteiger partial charge on any atom is 0.158 e. The molecule has 1 saturated heterocycles. The zero-order chi connectivity index (χ0) is 10.4. The average Bonchev–Trinajstić information content (AvgIpc) is 2.56. The average molecular weight is 200 g/mol. The summed E-state index contributed by atoms with van der Waals surface area (Å²) in [4.78, 5) is 0. The van der Waals surface area contributed by atoms with E-state index in [9.17, 15) is 0 Å². The molecule has 0 bridgehead atoms. The Balaban J connectivity index is 2.00. The predicted molar refractivity (Wildman–Crippen MR) is 58.2 cm³/mol. The highest BCUT2D eigenvalue weighted by Gasteiger charge is 2.18. The summed E-state index contributed by atoms with van der Waals surface area (Å²) < 4.78 is 10.9. The van der Waals surface area contributed by atoms with Gasteiger partial charge in [0.1, 0.15) is 0 Å². The van der Waals surface area contributed by atoms with E-state index in [2.05, 4.69) is 20.8 Å². The molecule has 0 aliphatic carbocycles. The van der Waals surface area contributed by atoms with Crippen molar-refractivity contribution in [1.29, 1.82) is 0 Å². The van der Waals surface area contributed by atoms with E-state index in [4.69, 9.17) is 9.47 Å². The van der Waals surface area contributed by atoms with Crippen LogP contribution in [0.2, 0.25) is 0 Å². The van der Waals surface area contributed by atoms with Gasteiger partial charge >= 0.3 is 0 Å². The fourth-order valence-corrected chi connectivity index (χ4v) is 1.86. The van der Waals surface area contributed by atoms with Crippen LogP contribution in [0, 0.1) is 11.8 Å². The summed E-state index contributed by atoms with van der Waals surface area (Å²) in [6.07, 6.45) is 5.14. The largest absolute Gasteiger partial charge is 0.350 e. The van der Waals surface area contributed by atoms with Crippen LogP contribution < -0.4 is 0 Å². The van der Waals surface area contributed by atoms with Gasteiger partial charge in [0.15, 0.2) is 6.29 Å². The Labute approximate surface area is 88.0 Å². The van der Waals surface area contributed by atoms with E-state index < -0.39 is 0 Å². The third-order valence-corrected chi connectivity index (χ3v) is 2.76. The molecule has 1 aliphatic heterocycles. The minimum atomic E-state index is 0.0871. The molecule has 0 unspecified atom stereocenters. The summed E-state index contributed by atoms with van der Waals surface area (Å²) in [5.74, 6) is 1.57. The van der Waals surface area contributed by atoms with Crippen molar-refractivity contribution in [3.8, 4) is 0 Å². The van der Waals surface area contributed by atoms with Crippen LogP contribution in [0.25, 0.3) is 0 Å². The maximum absolute atomic E-state index is 5.43. The van der Waals surface area contributed by atoms with Gasteiger partial charge in [-0.2, -0.15) is 0 Å². The smallest absolute Gasteiger partial charge is 0.158 e. The van der Waals surface area contributed by atoms with Crippen LogP contribution in [-0.4, -0.2) is 19.5 Å². The van der Waals surface area contributed by atoms with E-state index in [1.807, 2.05) is 0 Å². The molecular weight excluding hydrogens is 176 g/mol. The molecule has 0 aromatic carbocycles. The van der Waals surface area contributed by atoms with Crippen molar-refractivity contribution in [3.05, 3.63) is 0 Å². The van der Waals surface area contributed by atoms with E-state index in [1.165, 1.54) is 19.3 Å². The van der Waals surface area contributed by atoms with Gasteiger partial charge in [0, 0.05) is 6.42 Å². The first kappa shape index (κ1) is 12.0. The molecule has 14 heavy (non-hydrogen) atoms.